The van der Waals surface area contributed by atoms with Crippen LogP contribution in [-0.2, 0) is 4.79 Å². The van der Waals surface area contributed by atoms with Crippen molar-refractivity contribution in [2.24, 2.45) is 0 Å². The molecular formula is C19H19FN2O3. The number of anilines is 2. The summed E-state index contributed by atoms with van der Waals surface area (Å²) in [4.78, 5) is 26.3. The summed E-state index contributed by atoms with van der Waals surface area (Å²) in [7, 11) is 0. The van der Waals surface area contributed by atoms with E-state index in [9.17, 15) is 14.0 Å². The molecule has 0 aromatic heterocycles. The summed E-state index contributed by atoms with van der Waals surface area (Å²) in [6.45, 7) is 4.27. The fraction of sp³-hybridized carbons (Fsp3) is 0.263. The van der Waals surface area contributed by atoms with Crippen molar-refractivity contribution in [3.8, 4) is 5.75 Å². The number of rotatable bonds is 4. The molecule has 2 aromatic carbocycles. The van der Waals surface area contributed by atoms with Gasteiger partial charge in [-0.1, -0.05) is 13.0 Å². The van der Waals surface area contributed by atoms with E-state index in [-0.39, 0.29) is 11.5 Å². The van der Waals surface area contributed by atoms with E-state index in [4.69, 9.17) is 4.74 Å². The van der Waals surface area contributed by atoms with Crippen LogP contribution in [0.2, 0.25) is 0 Å². The minimum atomic E-state index is -0.535. The summed E-state index contributed by atoms with van der Waals surface area (Å²) >= 11 is 0. The van der Waals surface area contributed by atoms with Crippen LogP contribution in [0.25, 0.3) is 0 Å². The highest BCUT2D eigenvalue weighted by Gasteiger charge is 2.31. The van der Waals surface area contributed by atoms with Gasteiger partial charge in [0.25, 0.3) is 11.8 Å². The molecule has 3 rings (SSSR count). The number of halogens is 1. The van der Waals surface area contributed by atoms with Crippen LogP contribution in [0, 0.1) is 5.82 Å². The Labute approximate surface area is 145 Å². The molecule has 0 spiro atoms. The van der Waals surface area contributed by atoms with E-state index in [2.05, 4.69) is 5.32 Å². The normalized spacial score (nSPS) is 16.2. The van der Waals surface area contributed by atoms with Crippen LogP contribution in [0.1, 0.15) is 30.6 Å². The van der Waals surface area contributed by atoms with Gasteiger partial charge in [-0.3, -0.25) is 9.59 Å². The second-order valence-electron chi connectivity index (χ2n) is 5.90. The van der Waals surface area contributed by atoms with E-state index in [1.165, 1.54) is 24.3 Å². The summed E-state index contributed by atoms with van der Waals surface area (Å²) in [5.74, 6) is -0.398. The molecule has 5 nitrogen and oxygen atoms in total. The SMILES string of the molecule is CCCN1C(=O)C(C)Oc2ccc(NC(=O)c3cccc(F)c3)cc21. The Morgan fingerprint density at radius 1 is 1.28 bits per heavy atom. The summed E-state index contributed by atoms with van der Waals surface area (Å²) < 4.78 is 18.9. The molecule has 2 aromatic rings. The molecule has 0 saturated carbocycles. The van der Waals surface area contributed by atoms with Gasteiger partial charge in [-0.2, -0.15) is 0 Å². The zero-order valence-corrected chi connectivity index (χ0v) is 14.1. The predicted molar refractivity (Wildman–Crippen MR) is 93.5 cm³/mol. The highest BCUT2D eigenvalue weighted by Crippen LogP contribution is 2.36. The number of hydrogen-bond acceptors (Lipinski definition) is 3. The third-order valence-electron chi connectivity index (χ3n) is 3.96. The molecule has 0 radical (unpaired) electrons. The van der Waals surface area contributed by atoms with Crippen molar-refractivity contribution in [1.82, 2.24) is 0 Å². The maximum absolute atomic E-state index is 13.3. The van der Waals surface area contributed by atoms with Gasteiger partial charge in [0.1, 0.15) is 11.6 Å². The van der Waals surface area contributed by atoms with E-state index >= 15 is 0 Å². The van der Waals surface area contributed by atoms with Crippen molar-refractivity contribution in [2.75, 3.05) is 16.8 Å². The maximum Gasteiger partial charge on any atom is 0.267 e. The van der Waals surface area contributed by atoms with Crippen LogP contribution < -0.4 is 15.0 Å². The Morgan fingerprint density at radius 2 is 2.08 bits per heavy atom. The number of amides is 2. The van der Waals surface area contributed by atoms with Crippen LogP contribution in [-0.4, -0.2) is 24.5 Å². The van der Waals surface area contributed by atoms with E-state index in [0.717, 1.165) is 6.42 Å². The molecule has 6 heteroatoms. The monoisotopic (exact) mass is 342 g/mol. The van der Waals surface area contributed by atoms with E-state index < -0.39 is 17.8 Å². The average molecular weight is 342 g/mol. The number of benzene rings is 2. The molecule has 130 valence electrons. The second-order valence-corrected chi connectivity index (χ2v) is 5.90. The van der Waals surface area contributed by atoms with Crippen LogP contribution in [0.5, 0.6) is 5.75 Å². The van der Waals surface area contributed by atoms with E-state index in [1.807, 2.05) is 6.92 Å². The zero-order chi connectivity index (χ0) is 18.0. The molecule has 1 N–H and O–H groups in total. The number of ether oxygens (including phenoxy) is 1. The van der Waals surface area contributed by atoms with Crippen LogP contribution in [0.4, 0.5) is 15.8 Å². The zero-order valence-electron chi connectivity index (χ0n) is 14.1. The van der Waals surface area contributed by atoms with Gasteiger partial charge in [0, 0.05) is 17.8 Å². The van der Waals surface area contributed by atoms with Crippen molar-refractivity contribution in [3.05, 3.63) is 53.8 Å². The molecule has 2 amide bonds. The van der Waals surface area contributed by atoms with Gasteiger partial charge in [0.15, 0.2) is 6.10 Å². The summed E-state index contributed by atoms with van der Waals surface area (Å²) in [6, 6.07) is 10.6. The fourth-order valence-corrected chi connectivity index (χ4v) is 2.77. The molecule has 1 aliphatic rings. The number of nitrogens with one attached hydrogen (secondary N) is 1. The van der Waals surface area contributed by atoms with Crippen molar-refractivity contribution in [3.63, 3.8) is 0 Å². The quantitative estimate of drug-likeness (QED) is 0.923. The van der Waals surface area contributed by atoms with Gasteiger partial charge in [0.2, 0.25) is 0 Å². The lowest BCUT2D eigenvalue weighted by Gasteiger charge is -2.33. The van der Waals surface area contributed by atoms with Crippen LogP contribution in [0.3, 0.4) is 0 Å². The number of nitrogens with zero attached hydrogens (tertiary/aromatic N) is 1. The standard InChI is InChI=1S/C19H19FN2O3/c1-3-9-22-16-11-15(7-8-17(16)25-12(2)19(22)24)21-18(23)13-5-4-6-14(20)10-13/h4-8,10-12H,3,9H2,1-2H3,(H,21,23). The largest absolute Gasteiger partial charge is 0.479 e. The van der Waals surface area contributed by atoms with Gasteiger partial charge in [-0.25, -0.2) is 4.39 Å². The van der Waals surface area contributed by atoms with Crippen LogP contribution in [0.15, 0.2) is 42.5 Å². The maximum atomic E-state index is 13.3. The first-order valence-corrected chi connectivity index (χ1v) is 8.18. The highest BCUT2D eigenvalue weighted by molar-refractivity contribution is 6.05. The molecule has 0 fully saturated rings. The molecule has 1 aliphatic heterocycles. The molecule has 0 bridgehead atoms. The van der Waals surface area contributed by atoms with Gasteiger partial charge in [-0.05, 0) is 49.7 Å². The van der Waals surface area contributed by atoms with Gasteiger partial charge in [-0.15, -0.1) is 0 Å². The number of fused-ring (bicyclic) bond motifs is 1. The minimum Gasteiger partial charge on any atom is -0.479 e. The van der Waals surface area contributed by atoms with Crippen molar-refractivity contribution in [2.45, 2.75) is 26.4 Å². The van der Waals surface area contributed by atoms with Crippen molar-refractivity contribution in [1.29, 1.82) is 0 Å². The van der Waals surface area contributed by atoms with Crippen molar-refractivity contribution < 1.29 is 18.7 Å². The van der Waals surface area contributed by atoms with E-state index in [0.29, 0.717) is 23.7 Å². The Hall–Kier alpha value is -2.89. The second kappa shape index (κ2) is 6.93. The van der Waals surface area contributed by atoms with Crippen LogP contribution >= 0.6 is 0 Å². The molecule has 0 saturated heterocycles. The highest BCUT2D eigenvalue weighted by atomic mass is 19.1. The lowest BCUT2D eigenvalue weighted by molar-refractivity contribution is -0.125. The van der Waals surface area contributed by atoms with Gasteiger partial charge < -0.3 is 15.0 Å². The molecule has 1 heterocycles. The topological polar surface area (TPSA) is 58.6 Å². The first-order chi connectivity index (χ1) is 12.0. The predicted octanol–water partition coefficient (Wildman–Crippen LogP) is 3.60. The third kappa shape index (κ3) is 3.47. The minimum absolute atomic E-state index is 0.108. The van der Waals surface area contributed by atoms with Crippen molar-refractivity contribution >= 4 is 23.2 Å². The molecular weight excluding hydrogens is 323 g/mol. The Morgan fingerprint density at radius 3 is 2.80 bits per heavy atom. The Kier molecular flexibility index (Phi) is 4.70. The number of carbonyl (C=O) groups excluding carboxylic acids is 2. The van der Waals surface area contributed by atoms with E-state index in [1.54, 1.807) is 30.0 Å². The number of carbonyl (C=O) groups is 2. The van der Waals surface area contributed by atoms with Gasteiger partial charge >= 0.3 is 0 Å². The lowest BCUT2D eigenvalue weighted by Crippen LogP contribution is -2.44. The summed E-state index contributed by atoms with van der Waals surface area (Å²) in [6.07, 6.45) is 0.268. The first-order valence-electron chi connectivity index (χ1n) is 8.18. The molecule has 1 unspecified atom stereocenters. The molecule has 25 heavy (non-hydrogen) atoms. The summed E-state index contributed by atoms with van der Waals surface area (Å²) in [5, 5.41) is 2.73. The fourth-order valence-electron chi connectivity index (χ4n) is 2.77. The molecule has 1 atom stereocenters. The smallest absolute Gasteiger partial charge is 0.267 e. The molecule has 0 aliphatic carbocycles. The lowest BCUT2D eigenvalue weighted by atomic mass is 10.1. The average Bonchev–Trinajstić information content (AvgIpc) is 2.59. The first kappa shape index (κ1) is 17.0. The third-order valence-corrected chi connectivity index (χ3v) is 3.96. The van der Waals surface area contributed by atoms with Gasteiger partial charge in [0.05, 0.1) is 5.69 Å². The summed E-state index contributed by atoms with van der Waals surface area (Å²) in [5.41, 5.74) is 1.37. The Bertz CT molecular complexity index is 822. The Balaban J connectivity index is 1.87. The number of hydrogen-bond donors (Lipinski definition) is 1.